The van der Waals surface area contributed by atoms with Crippen LogP contribution in [-0.4, -0.2) is 37.2 Å². The molecule has 112 valence electrons. The number of aromatic nitrogens is 5. The molecule has 0 amide bonds. The molecule has 0 atom stereocenters. The number of anilines is 1. The number of nitrogens with zero attached hydrogens (tertiary/aromatic N) is 4. The van der Waals surface area contributed by atoms with Crippen molar-refractivity contribution in [2.75, 3.05) is 17.2 Å². The Kier molecular flexibility index (Phi) is 3.32. The van der Waals surface area contributed by atoms with Crippen LogP contribution in [0.4, 0.5) is 5.82 Å². The Morgan fingerprint density at radius 1 is 1.32 bits per heavy atom. The first-order valence-electron chi connectivity index (χ1n) is 6.99. The predicted octanol–water partition coefficient (Wildman–Crippen LogP) is 1.69. The number of thioether (sulfide) groups is 1. The number of nitrogens with two attached hydrogens (primary N) is 1. The number of H-pyrrole nitrogens is 2. The maximum Gasteiger partial charge on any atom is 0.145 e. The Labute approximate surface area is 131 Å². The summed E-state index contributed by atoms with van der Waals surface area (Å²) in [5.41, 5.74) is 7.46. The molecule has 0 unspecified atom stereocenters. The summed E-state index contributed by atoms with van der Waals surface area (Å²) in [6, 6.07) is 2.00. The zero-order valence-electron chi connectivity index (χ0n) is 11.8. The van der Waals surface area contributed by atoms with E-state index in [-0.39, 0.29) is 0 Å². The first kappa shape index (κ1) is 13.4. The van der Waals surface area contributed by atoms with Crippen molar-refractivity contribution in [2.45, 2.75) is 6.54 Å². The lowest BCUT2D eigenvalue weighted by Gasteiger charge is -2.25. The SMILES string of the molecule is NCc1ncc(C2=CN(c3ncnc4[nH]ccc34)CCS2)[nH]1. The van der Waals surface area contributed by atoms with Gasteiger partial charge in [0.05, 0.1) is 23.8 Å². The van der Waals surface area contributed by atoms with E-state index >= 15 is 0 Å². The second kappa shape index (κ2) is 5.47. The first-order valence-corrected chi connectivity index (χ1v) is 7.97. The highest BCUT2D eigenvalue weighted by molar-refractivity contribution is 8.08. The predicted molar refractivity (Wildman–Crippen MR) is 88.1 cm³/mol. The van der Waals surface area contributed by atoms with Gasteiger partial charge in [-0.1, -0.05) is 0 Å². The van der Waals surface area contributed by atoms with Crippen LogP contribution in [0, 0.1) is 0 Å². The van der Waals surface area contributed by atoms with Crippen molar-refractivity contribution in [1.82, 2.24) is 24.9 Å². The van der Waals surface area contributed by atoms with Gasteiger partial charge >= 0.3 is 0 Å². The summed E-state index contributed by atoms with van der Waals surface area (Å²) in [7, 11) is 0. The number of hydrogen-bond acceptors (Lipinski definition) is 6. The molecule has 4 heterocycles. The highest BCUT2D eigenvalue weighted by atomic mass is 32.2. The Bertz CT molecular complexity index is 834. The summed E-state index contributed by atoms with van der Waals surface area (Å²) in [6.07, 6.45) is 7.41. The molecule has 0 radical (unpaired) electrons. The minimum atomic E-state index is 0.414. The maximum atomic E-state index is 5.61. The summed E-state index contributed by atoms with van der Waals surface area (Å²) < 4.78 is 0. The molecule has 0 saturated carbocycles. The number of aromatic amines is 2. The van der Waals surface area contributed by atoms with Crippen molar-refractivity contribution < 1.29 is 0 Å². The third kappa shape index (κ3) is 2.26. The molecular weight excluding hydrogens is 298 g/mol. The molecule has 0 saturated heterocycles. The van der Waals surface area contributed by atoms with E-state index in [1.165, 1.54) is 0 Å². The van der Waals surface area contributed by atoms with E-state index in [0.29, 0.717) is 6.54 Å². The van der Waals surface area contributed by atoms with Gasteiger partial charge in [0, 0.05) is 29.6 Å². The molecule has 4 N–H and O–H groups in total. The second-order valence-electron chi connectivity index (χ2n) is 4.92. The number of hydrogen-bond donors (Lipinski definition) is 3. The zero-order chi connectivity index (χ0) is 14.9. The number of nitrogens with one attached hydrogen (secondary N) is 2. The van der Waals surface area contributed by atoms with Gasteiger partial charge in [0.1, 0.15) is 23.6 Å². The molecule has 1 aliphatic heterocycles. The third-order valence-electron chi connectivity index (χ3n) is 3.56. The fourth-order valence-electron chi connectivity index (χ4n) is 2.49. The molecule has 0 fully saturated rings. The lowest BCUT2D eigenvalue weighted by Crippen LogP contribution is -2.24. The van der Waals surface area contributed by atoms with Crippen LogP contribution in [0.1, 0.15) is 11.5 Å². The van der Waals surface area contributed by atoms with Crippen molar-refractivity contribution in [3.05, 3.63) is 42.5 Å². The highest BCUT2D eigenvalue weighted by Crippen LogP contribution is 2.33. The Morgan fingerprint density at radius 3 is 3.14 bits per heavy atom. The van der Waals surface area contributed by atoms with Crippen LogP contribution in [-0.2, 0) is 6.54 Å². The molecule has 0 bridgehead atoms. The average Bonchev–Trinajstić information content (AvgIpc) is 3.23. The molecule has 1 aliphatic rings. The monoisotopic (exact) mass is 313 g/mol. The van der Waals surface area contributed by atoms with Gasteiger partial charge in [-0.3, -0.25) is 0 Å². The van der Waals surface area contributed by atoms with Crippen molar-refractivity contribution in [3.63, 3.8) is 0 Å². The Morgan fingerprint density at radius 2 is 2.27 bits per heavy atom. The van der Waals surface area contributed by atoms with E-state index in [9.17, 15) is 0 Å². The van der Waals surface area contributed by atoms with Crippen molar-refractivity contribution in [2.24, 2.45) is 5.73 Å². The quantitative estimate of drug-likeness (QED) is 0.680. The van der Waals surface area contributed by atoms with E-state index in [1.807, 2.05) is 18.5 Å². The van der Waals surface area contributed by atoms with Gasteiger partial charge < -0.3 is 20.6 Å². The molecule has 4 rings (SSSR count). The topological polar surface area (TPSA) is 99.5 Å². The minimum Gasteiger partial charge on any atom is -0.346 e. The van der Waals surface area contributed by atoms with Gasteiger partial charge in [-0.25, -0.2) is 15.0 Å². The van der Waals surface area contributed by atoms with Gasteiger partial charge in [-0.15, -0.1) is 11.8 Å². The molecule has 22 heavy (non-hydrogen) atoms. The van der Waals surface area contributed by atoms with E-state index in [1.54, 1.807) is 18.1 Å². The van der Waals surface area contributed by atoms with E-state index in [4.69, 9.17) is 5.73 Å². The fraction of sp³-hybridized carbons (Fsp3) is 0.214. The van der Waals surface area contributed by atoms with Crippen molar-refractivity contribution in [3.8, 4) is 0 Å². The molecular formula is C14H15N7S. The van der Waals surface area contributed by atoms with Gasteiger partial charge in [0.2, 0.25) is 0 Å². The smallest absolute Gasteiger partial charge is 0.145 e. The van der Waals surface area contributed by atoms with E-state index < -0.39 is 0 Å². The summed E-state index contributed by atoms with van der Waals surface area (Å²) in [5.74, 6) is 2.70. The first-order chi connectivity index (χ1) is 10.8. The molecule has 8 heteroatoms. The third-order valence-corrected chi connectivity index (χ3v) is 4.58. The maximum absolute atomic E-state index is 5.61. The Hall–Kier alpha value is -2.32. The van der Waals surface area contributed by atoms with Crippen LogP contribution in [0.5, 0.6) is 0 Å². The standard InChI is InChI=1S/C14H15N7S/c15-5-12-17-6-10(20-12)11-7-21(3-4-22-11)14-9-1-2-16-13(9)18-8-19-14/h1-2,6-8H,3-5,15H2,(H,17,20)(H,16,18,19). The van der Waals surface area contributed by atoms with Gasteiger partial charge in [-0.05, 0) is 6.07 Å². The lowest BCUT2D eigenvalue weighted by molar-refractivity contribution is 0.947. The largest absolute Gasteiger partial charge is 0.346 e. The number of fused-ring (bicyclic) bond motifs is 1. The molecule has 0 spiro atoms. The van der Waals surface area contributed by atoms with E-state index in [2.05, 4.69) is 36.0 Å². The fourth-order valence-corrected chi connectivity index (χ4v) is 3.46. The van der Waals surface area contributed by atoms with Crippen LogP contribution < -0.4 is 10.6 Å². The van der Waals surface area contributed by atoms with Crippen LogP contribution in [0.15, 0.2) is 31.0 Å². The van der Waals surface area contributed by atoms with Crippen molar-refractivity contribution in [1.29, 1.82) is 0 Å². The van der Waals surface area contributed by atoms with E-state index in [0.717, 1.165) is 45.6 Å². The number of imidazole rings is 1. The highest BCUT2D eigenvalue weighted by Gasteiger charge is 2.18. The van der Waals surface area contributed by atoms with Gasteiger partial charge in [0.15, 0.2) is 0 Å². The van der Waals surface area contributed by atoms with Crippen molar-refractivity contribution >= 4 is 33.5 Å². The lowest BCUT2D eigenvalue weighted by atomic mass is 10.3. The van der Waals surface area contributed by atoms with Crippen LogP contribution >= 0.6 is 11.8 Å². The Balaban J connectivity index is 1.73. The van der Waals surface area contributed by atoms with Crippen LogP contribution in [0.2, 0.25) is 0 Å². The van der Waals surface area contributed by atoms with Gasteiger partial charge in [0.25, 0.3) is 0 Å². The minimum absolute atomic E-state index is 0.414. The second-order valence-corrected chi connectivity index (χ2v) is 6.06. The molecule has 7 nitrogen and oxygen atoms in total. The average molecular weight is 313 g/mol. The van der Waals surface area contributed by atoms with Gasteiger partial charge in [-0.2, -0.15) is 0 Å². The summed E-state index contributed by atoms with van der Waals surface area (Å²) in [4.78, 5) is 22.6. The number of rotatable bonds is 3. The molecule has 0 aromatic carbocycles. The molecule has 3 aromatic rings. The molecule has 3 aromatic heterocycles. The summed E-state index contributed by atoms with van der Waals surface area (Å²) in [5, 5.41) is 1.03. The van der Waals surface area contributed by atoms with Crippen LogP contribution in [0.25, 0.3) is 15.9 Å². The normalized spacial score (nSPS) is 15.3. The zero-order valence-corrected chi connectivity index (χ0v) is 12.6. The summed E-state index contributed by atoms with van der Waals surface area (Å²) >= 11 is 1.80. The summed E-state index contributed by atoms with van der Waals surface area (Å²) in [6.45, 7) is 1.32. The van der Waals surface area contributed by atoms with Crippen LogP contribution in [0.3, 0.4) is 0 Å². The molecule has 0 aliphatic carbocycles.